The molecule has 168 valence electrons. The van der Waals surface area contributed by atoms with Crippen molar-refractivity contribution in [2.24, 2.45) is 5.73 Å². The smallest absolute Gasteiger partial charge is 0.307 e. The standard InChI is InChI=1S/C26H23FN2O4/c1-29-14-23(33-26-16(12-24(30)31)3-2-4-22(26)29)19-9-17-5-6-32-25(17)21(11-19)18-7-15(13-28)8-20(27)10-18/h2-11,23H,12-14,28H2,1H3,(H,30,31)/t23-/m0/s1. The van der Waals surface area contributed by atoms with Crippen molar-refractivity contribution in [3.05, 3.63) is 83.4 Å². The zero-order chi connectivity index (χ0) is 23.1. The molecule has 0 unspecified atom stereocenters. The lowest BCUT2D eigenvalue weighted by atomic mass is 9.95. The van der Waals surface area contributed by atoms with Crippen molar-refractivity contribution in [3.8, 4) is 16.9 Å². The monoisotopic (exact) mass is 446 g/mol. The number of benzene rings is 3. The number of hydrogen-bond acceptors (Lipinski definition) is 5. The van der Waals surface area contributed by atoms with Crippen molar-refractivity contribution < 1.29 is 23.4 Å². The second kappa shape index (κ2) is 8.26. The molecule has 1 aliphatic rings. The number of halogens is 1. The molecule has 0 aliphatic carbocycles. The van der Waals surface area contributed by atoms with Gasteiger partial charge in [0, 0.05) is 30.1 Å². The summed E-state index contributed by atoms with van der Waals surface area (Å²) in [6, 6.07) is 16.1. The van der Waals surface area contributed by atoms with Gasteiger partial charge in [-0.1, -0.05) is 12.1 Å². The van der Waals surface area contributed by atoms with Crippen molar-refractivity contribution in [2.75, 3.05) is 18.5 Å². The van der Waals surface area contributed by atoms with Crippen LogP contribution >= 0.6 is 0 Å². The number of rotatable bonds is 5. The quantitative estimate of drug-likeness (QED) is 0.454. The highest BCUT2D eigenvalue weighted by atomic mass is 19.1. The van der Waals surface area contributed by atoms with Gasteiger partial charge in [-0.15, -0.1) is 0 Å². The van der Waals surface area contributed by atoms with Crippen LogP contribution in [0.5, 0.6) is 5.75 Å². The molecule has 33 heavy (non-hydrogen) atoms. The van der Waals surface area contributed by atoms with Gasteiger partial charge < -0.3 is 24.9 Å². The summed E-state index contributed by atoms with van der Waals surface area (Å²) in [5.74, 6) is -0.705. The van der Waals surface area contributed by atoms with Crippen LogP contribution in [-0.4, -0.2) is 24.7 Å². The highest BCUT2D eigenvalue weighted by Crippen LogP contribution is 2.42. The first-order chi connectivity index (χ1) is 15.9. The third-order valence-corrected chi connectivity index (χ3v) is 5.98. The number of nitrogens with two attached hydrogens (primary N) is 1. The second-order valence-corrected chi connectivity index (χ2v) is 8.28. The molecule has 3 N–H and O–H groups in total. The van der Waals surface area contributed by atoms with Crippen molar-refractivity contribution >= 4 is 22.6 Å². The van der Waals surface area contributed by atoms with E-state index in [2.05, 4.69) is 4.90 Å². The summed E-state index contributed by atoms with van der Waals surface area (Å²) in [6.07, 6.45) is 1.13. The van der Waals surface area contributed by atoms with Crippen molar-refractivity contribution in [3.63, 3.8) is 0 Å². The van der Waals surface area contributed by atoms with E-state index in [-0.39, 0.29) is 24.9 Å². The molecule has 0 saturated carbocycles. The highest BCUT2D eigenvalue weighted by molar-refractivity contribution is 5.93. The summed E-state index contributed by atoms with van der Waals surface area (Å²) >= 11 is 0. The Morgan fingerprint density at radius 2 is 2.06 bits per heavy atom. The van der Waals surface area contributed by atoms with E-state index in [9.17, 15) is 14.3 Å². The summed E-state index contributed by atoms with van der Waals surface area (Å²) < 4.78 is 26.4. The first kappa shape index (κ1) is 21.0. The summed E-state index contributed by atoms with van der Waals surface area (Å²) in [5, 5.41) is 10.2. The molecule has 7 heteroatoms. The third-order valence-electron chi connectivity index (χ3n) is 5.98. The molecule has 6 nitrogen and oxygen atoms in total. The number of aliphatic carboxylic acids is 1. The third kappa shape index (κ3) is 3.91. The molecule has 5 rings (SSSR count). The van der Waals surface area contributed by atoms with E-state index in [1.165, 1.54) is 12.1 Å². The van der Waals surface area contributed by atoms with Crippen molar-refractivity contribution in [1.82, 2.24) is 0 Å². The number of carboxylic acids is 1. The summed E-state index contributed by atoms with van der Waals surface area (Å²) in [4.78, 5) is 13.4. The zero-order valence-electron chi connectivity index (χ0n) is 18.0. The fourth-order valence-corrected chi connectivity index (χ4v) is 4.44. The predicted molar refractivity (Wildman–Crippen MR) is 124 cm³/mol. The number of ether oxygens (including phenoxy) is 1. The molecule has 3 aromatic carbocycles. The Labute approximate surface area is 190 Å². The molecule has 2 heterocycles. The van der Waals surface area contributed by atoms with Gasteiger partial charge >= 0.3 is 5.97 Å². The van der Waals surface area contributed by atoms with E-state index in [4.69, 9.17) is 14.9 Å². The lowest BCUT2D eigenvalue weighted by Gasteiger charge is -2.35. The molecule has 0 fully saturated rings. The van der Waals surface area contributed by atoms with Gasteiger partial charge in [0.1, 0.15) is 23.3 Å². The number of anilines is 1. The van der Waals surface area contributed by atoms with Crippen LogP contribution in [0, 0.1) is 5.82 Å². The fourth-order valence-electron chi connectivity index (χ4n) is 4.44. The largest absolute Gasteiger partial charge is 0.481 e. The van der Waals surface area contributed by atoms with Crippen LogP contribution in [0.4, 0.5) is 10.1 Å². The minimum Gasteiger partial charge on any atom is -0.481 e. The number of carbonyl (C=O) groups is 1. The van der Waals surface area contributed by atoms with Crippen LogP contribution in [0.25, 0.3) is 22.1 Å². The van der Waals surface area contributed by atoms with Gasteiger partial charge in [0.05, 0.1) is 24.9 Å². The Balaban J connectivity index is 1.61. The number of furan rings is 1. The van der Waals surface area contributed by atoms with Gasteiger partial charge in [-0.3, -0.25) is 4.79 Å². The van der Waals surface area contributed by atoms with E-state index in [1.807, 2.05) is 43.4 Å². The minimum absolute atomic E-state index is 0.124. The normalized spacial score (nSPS) is 15.4. The summed E-state index contributed by atoms with van der Waals surface area (Å²) in [7, 11) is 1.95. The van der Waals surface area contributed by atoms with Gasteiger partial charge in [0.15, 0.2) is 0 Å². The van der Waals surface area contributed by atoms with Crippen LogP contribution in [0.2, 0.25) is 0 Å². The predicted octanol–water partition coefficient (Wildman–Crippen LogP) is 4.89. The molecule has 0 saturated heterocycles. The molecule has 0 radical (unpaired) electrons. The molecule has 1 aliphatic heterocycles. The lowest BCUT2D eigenvalue weighted by Crippen LogP contribution is -2.32. The van der Waals surface area contributed by atoms with Gasteiger partial charge in [-0.05, 0) is 59.2 Å². The molecule has 0 spiro atoms. The Hall–Kier alpha value is -3.84. The van der Waals surface area contributed by atoms with Gasteiger partial charge in [0.2, 0.25) is 0 Å². The topological polar surface area (TPSA) is 88.9 Å². The number of hydrogen-bond donors (Lipinski definition) is 2. The molecule has 0 amide bonds. The SMILES string of the molecule is CN1C[C@@H](c2cc(-c3cc(F)cc(CN)c3)c3occc3c2)Oc2c(CC(=O)O)cccc21. The van der Waals surface area contributed by atoms with Crippen LogP contribution in [0.1, 0.15) is 22.8 Å². The molecule has 1 atom stereocenters. The molecule has 1 aromatic heterocycles. The van der Waals surface area contributed by atoms with Gasteiger partial charge in [-0.2, -0.15) is 0 Å². The molecular weight excluding hydrogens is 423 g/mol. The molecule has 0 bridgehead atoms. The Bertz CT molecular complexity index is 1360. The number of likely N-dealkylation sites (N-methyl/N-ethyl adjacent to an activating group) is 1. The van der Waals surface area contributed by atoms with Crippen LogP contribution in [-0.2, 0) is 17.8 Å². The van der Waals surface area contributed by atoms with E-state index < -0.39 is 5.97 Å². The highest BCUT2D eigenvalue weighted by Gasteiger charge is 2.28. The zero-order valence-corrected chi connectivity index (χ0v) is 18.0. The molecular formula is C26H23FN2O4. The van der Waals surface area contributed by atoms with Crippen LogP contribution in [0.15, 0.2) is 65.3 Å². The van der Waals surface area contributed by atoms with Crippen LogP contribution in [0.3, 0.4) is 0 Å². The second-order valence-electron chi connectivity index (χ2n) is 8.28. The first-order valence-electron chi connectivity index (χ1n) is 10.7. The Morgan fingerprint density at radius 3 is 2.85 bits per heavy atom. The summed E-state index contributed by atoms with van der Waals surface area (Å²) in [6.45, 7) is 0.801. The first-order valence-corrected chi connectivity index (χ1v) is 10.7. The Morgan fingerprint density at radius 1 is 1.21 bits per heavy atom. The van der Waals surface area contributed by atoms with E-state index in [0.717, 1.165) is 22.2 Å². The number of carboxylic acid groups (broad SMARTS) is 1. The number of fused-ring (bicyclic) bond motifs is 2. The maximum atomic E-state index is 14.3. The van der Waals surface area contributed by atoms with Crippen molar-refractivity contribution in [2.45, 2.75) is 19.1 Å². The Kier molecular flexibility index (Phi) is 5.26. The maximum absolute atomic E-state index is 14.3. The van der Waals surface area contributed by atoms with E-state index >= 15 is 0 Å². The fraction of sp³-hybridized carbons (Fsp3) is 0.192. The van der Waals surface area contributed by atoms with Crippen LogP contribution < -0.4 is 15.4 Å². The maximum Gasteiger partial charge on any atom is 0.307 e. The van der Waals surface area contributed by atoms with E-state index in [0.29, 0.717) is 34.6 Å². The average molecular weight is 446 g/mol. The number of para-hydroxylation sites is 1. The lowest BCUT2D eigenvalue weighted by molar-refractivity contribution is -0.136. The number of nitrogens with zero attached hydrogens (tertiary/aromatic N) is 1. The van der Waals surface area contributed by atoms with Gasteiger partial charge in [0.25, 0.3) is 0 Å². The summed E-state index contributed by atoms with van der Waals surface area (Å²) in [5.41, 5.74) is 10.9. The van der Waals surface area contributed by atoms with Gasteiger partial charge in [-0.25, -0.2) is 4.39 Å². The van der Waals surface area contributed by atoms with Crippen molar-refractivity contribution in [1.29, 1.82) is 0 Å². The average Bonchev–Trinajstić information content (AvgIpc) is 3.27. The minimum atomic E-state index is -0.916. The van der Waals surface area contributed by atoms with E-state index in [1.54, 1.807) is 12.3 Å². The molecule has 4 aromatic rings.